The van der Waals surface area contributed by atoms with Crippen molar-refractivity contribution in [3.63, 3.8) is 0 Å². The number of ether oxygens (including phenoxy) is 1. The summed E-state index contributed by atoms with van der Waals surface area (Å²) in [4.78, 5) is 0. The standard InChI is InChI=1S/C14H20F3NO2/c1-13(19,10-18-6-7-20-2)9-11-4-3-5-12(8-11)14(15,16)17/h3-5,8,18-19H,6-7,9-10H2,1-2H3. The maximum atomic E-state index is 12.6. The number of hydrogen-bond donors (Lipinski definition) is 2. The first-order chi connectivity index (χ1) is 9.24. The molecule has 0 aliphatic rings. The molecule has 1 aromatic carbocycles. The fourth-order valence-corrected chi connectivity index (χ4v) is 1.89. The molecule has 0 aromatic heterocycles. The van der Waals surface area contributed by atoms with Gasteiger partial charge in [-0.3, -0.25) is 0 Å². The minimum atomic E-state index is -4.36. The molecule has 20 heavy (non-hydrogen) atoms. The highest BCUT2D eigenvalue weighted by Gasteiger charge is 2.31. The summed E-state index contributed by atoms with van der Waals surface area (Å²) in [6.07, 6.45) is -4.21. The molecule has 0 bridgehead atoms. The Bertz CT molecular complexity index is 419. The Hall–Kier alpha value is -1.11. The topological polar surface area (TPSA) is 41.5 Å². The number of benzene rings is 1. The van der Waals surface area contributed by atoms with Gasteiger partial charge in [0.2, 0.25) is 0 Å². The third-order valence-electron chi connectivity index (χ3n) is 2.83. The summed E-state index contributed by atoms with van der Waals surface area (Å²) in [6.45, 7) is 2.97. The molecule has 1 rings (SSSR count). The van der Waals surface area contributed by atoms with Gasteiger partial charge in [-0.2, -0.15) is 13.2 Å². The van der Waals surface area contributed by atoms with Crippen LogP contribution in [0.25, 0.3) is 0 Å². The van der Waals surface area contributed by atoms with E-state index in [1.807, 2.05) is 0 Å². The monoisotopic (exact) mass is 291 g/mol. The van der Waals surface area contributed by atoms with Crippen molar-refractivity contribution in [1.29, 1.82) is 0 Å². The van der Waals surface area contributed by atoms with E-state index in [4.69, 9.17) is 4.74 Å². The van der Waals surface area contributed by atoms with Crippen LogP contribution in [0.1, 0.15) is 18.1 Å². The number of nitrogens with one attached hydrogen (secondary N) is 1. The lowest BCUT2D eigenvalue weighted by Crippen LogP contribution is -2.40. The van der Waals surface area contributed by atoms with E-state index in [0.717, 1.165) is 12.1 Å². The zero-order valence-electron chi connectivity index (χ0n) is 11.6. The summed E-state index contributed by atoms with van der Waals surface area (Å²) < 4.78 is 42.7. The third kappa shape index (κ3) is 5.90. The van der Waals surface area contributed by atoms with E-state index < -0.39 is 17.3 Å². The summed E-state index contributed by atoms with van der Waals surface area (Å²) in [5.74, 6) is 0. The number of rotatable bonds is 7. The molecule has 0 radical (unpaired) electrons. The second kappa shape index (κ2) is 7.06. The molecule has 0 heterocycles. The van der Waals surface area contributed by atoms with E-state index in [2.05, 4.69) is 5.32 Å². The van der Waals surface area contributed by atoms with Crippen LogP contribution in [0, 0.1) is 0 Å². The summed E-state index contributed by atoms with van der Waals surface area (Å²) in [5.41, 5.74) is -1.35. The van der Waals surface area contributed by atoms with Gasteiger partial charge in [0.15, 0.2) is 0 Å². The summed E-state index contributed by atoms with van der Waals surface area (Å²) >= 11 is 0. The van der Waals surface area contributed by atoms with E-state index >= 15 is 0 Å². The molecule has 0 saturated heterocycles. The van der Waals surface area contributed by atoms with Gasteiger partial charge >= 0.3 is 6.18 Å². The molecule has 0 spiro atoms. The van der Waals surface area contributed by atoms with Gasteiger partial charge in [0.1, 0.15) is 0 Å². The Morgan fingerprint density at radius 2 is 2.00 bits per heavy atom. The van der Waals surface area contributed by atoms with Crippen molar-refractivity contribution >= 4 is 0 Å². The molecule has 0 fully saturated rings. The lowest BCUT2D eigenvalue weighted by molar-refractivity contribution is -0.137. The quantitative estimate of drug-likeness (QED) is 0.757. The predicted molar refractivity (Wildman–Crippen MR) is 70.5 cm³/mol. The van der Waals surface area contributed by atoms with Gasteiger partial charge in [-0.15, -0.1) is 0 Å². The SMILES string of the molecule is COCCNCC(C)(O)Cc1cccc(C(F)(F)F)c1. The molecule has 3 nitrogen and oxygen atoms in total. The van der Waals surface area contributed by atoms with Crippen molar-refractivity contribution in [3.05, 3.63) is 35.4 Å². The van der Waals surface area contributed by atoms with Crippen molar-refractivity contribution in [2.75, 3.05) is 26.8 Å². The number of methoxy groups -OCH3 is 1. The molecule has 2 N–H and O–H groups in total. The minimum Gasteiger partial charge on any atom is -0.389 e. The molecular weight excluding hydrogens is 271 g/mol. The van der Waals surface area contributed by atoms with Gasteiger partial charge in [0.05, 0.1) is 17.8 Å². The van der Waals surface area contributed by atoms with E-state index in [1.165, 1.54) is 6.07 Å². The molecule has 0 aliphatic carbocycles. The fraction of sp³-hybridized carbons (Fsp3) is 0.571. The number of halogens is 3. The second-order valence-corrected chi connectivity index (χ2v) is 5.04. The summed E-state index contributed by atoms with van der Waals surface area (Å²) in [6, 6.07) is 5.03. The summed E-state index contributed by atoms with van der Waals surface area (Å²) in [7, 11) is 1.57. The molecule has 6 heteroatoms. The number of aliphatic hydroxyl groups is 1. The highest BCUT2D eigenvalue weighted by Crippen LogP contribution is 2.30. The predicted octanol–water partition coefficient (Wildman–Crippen LogP) is 2.23. The molecule has 114 valence electrons. The Morgan fingerprint density at radius 1 is 1.30 bits per heavy atom. The Balaban J connectivity index is 2.62. The van der Waals surface area contributed by atoms with Crippen LogP contribution in [0.2, 0.25) is 0 Å². The average molecular weight is 291 g/mol. The van der Waals surface area contributed by atoms with E-state index in [1.54, 1.807) is 20.1 Å². The van der Waals surface area contributed by atoms with Gasteiger partial charge < -0.3 is 15.2 Å². The number of hydrogen-bond acceptors (Lipinski definition) is 3. The zero-order valence-corrected chi connectivity index (χ0v) is 11.6. The van der Waals surface area contributed by atoms with Gasteiger partial charge in [-0.25, -0.2) is 0 Å². The Labute approximate surface area is 116 Å². The second-order valence-electron chi connectivity index (χ2n) is 5.04. The molecule has 1 unspecified atom stereocenters. The van der Waals surface area contributed by atoms with Crippen LogP contribution in [0.3, 0.4) is 0 Å². The molecule has 1 atom stereocenters. The fourth-order valence-electron chi connectivity index (χ4n) is 1.89. The van der Waals surface area contributed by atoms with Crippen LogP contribution in [-0.4, -0.2) is 37.5 Å². The van der Waals surface area contributed by atoms with Crippen LogP contribution in [0.5, 0.6) is 0 Å². The maximum absolute atomic E-state index is 12.6. The Morgan fingerprint density at radius 3 is 2.60 bits per heavy atom. The van der Waals surface area contributed by atoms with Crippen LogP contribution >= 0.6 is 0 Å². The lowest BCUT2D eigenvalue weighted by Gasteiger charge is -2.24. The molecule has 1 aromatic rings. The average Bonchev–Trinajstić information content (AvgIpc) is 2.33. The highest BCUT2D eigenvalue weighted by molar-refractivity contribution is 5.26. The van der Waals surface area contributed by atoms with Gasteiger partial charge in [-0.05, 0) is 18.6 Å². The lowest BCUT2D eigenvalue weighted by atomic mass is 9.95. The molecular formula is C14H20F3NO2. The van der Waals surface area contributed by atoms with Crippen LogP contribution in [0.15, 0.2) is 24.3 Å². The van der Waals surface area contributed by atoms with Crippen molar-refractivity contribution in [2.24, 2.45) is 0 Å². The minimum absolute atomic E-state index is 0.150. The first-order valence-corrected chi connectivity index (χ1v) is 6.33. The van der Waals surface area contributed by atoms with Crippen molar-refractivity contribution < 1.29 is 23.0 Å². The molecule has 0 amide bonds. The van der Waals surface area contributed by atoms with Crippen molar-refractivity contribution in [1.82, 2.24) is 5.32 Å². The van der Waals surface area contributed by atoms with Crippen molar-refractivity contribution in [2.45, 2.75) is 25.1 Å². The van der Waals surface area contributed by atoms with Crippen LogP contribution < -0.4 is 5.32 Å². The molecule has 0 aliphatic heterocycles. The number of alkyl halides is 3. The van der Waals surface area contributed by atoms with Crippen molar-refractivity contribution in [3.8, 4) is 0 Å². The van der Waals surface area contributed by atoms with Crippen LogP contribution in [-0.2, 0) is 17.3 Å². The van der Waals surface area contributed by atoms with Gasteiger partial charge in [0, 0.05) is 26.6 Å². The first-order valence-electron chi connectivity index (χ1n) is 6.33. The maximum Gasteiger partial charge on any atom is 0.416 e. The largest absolute Gasteiger partial charge is 0.416 e. The van der Waals surface area contributed by atoms with E-state index in [-0.39, 0.29) is 13.0 Å². The smallest absolute Gasteiger partial charge is 0.389 e. The normalized spacial score (nSPS) is 15.1. The zero-order chi connectivity index (χ0) is 15.2. The summed E-state index contributed by atoms with van der Waals surface area (Å²) in [5, 5.41) is 13.2. The van der Waals surface area contributed by atoms with Crippen LogP contribution in [0.4, 0.5) is 13.2 Å². The Kier molecular flexibility index (Phi) is 5.98. The van der Waals surface area contributed by atoms with Gasteiger partial charge in [0.25, 0.3) is 0 Å². The highest BCUT2D eigenvalue weighted by atomic mass is 19.4. The van der Waals surface area contributed by atoms with E-state index in [9.17, 15) is 18.3 Å². The molecule has 0 saturated carbocycles. The first kappa shape index (κ1) is 16.9. The third-order valence-corrected chi connectivity index (χ3v) is 2.83. The van der Waals surface area contributed by atoms with Gasteiger partial charge in [-0.1, -0.05) is 18.2 Å². The van der Waals surface area contributed by atoms with E-state index in [0.29, 0.717) is 18.7 Å².